The van der Waals surface area contributed by atoms with Crippen molar-refractivity contribution in [2.45, 2.75) is 64.2 Å². The molecule has 3 N–H and O–H groups in total. The number of unbranched alkanes of at least 4 members (excludes halogenated alkanes) is 8. The summed E-state index contributed by atoms with van der Waals surface area (Å²) in [6, 6.07) is 0. The molecule has 5 heteroatoms. The lowest BCUT2D eigenvalue weighted by atomic mass is 10.1. The van der Waals surface area contributed by atoms with Gasteiger partial charge in [-0.25, -0.2) is 0 Å². The zero-order valence-electron chi connectivity index (χ0n) is 13.1. The summed E-state index contributed by atoms with van der Waals surface area (Å²) in [5.41, 5.74) is 5.45. The van der Waals surface area contributed by atoms with Gasteiger partial charge in [0, 0.05) is 19.5 Å². The van der Waals surface area contributed by atoms with E-state index in [1.807, 2.05) is 0 Å². The van der Waals surface area contributed by atoms with Gasteiger partial charge in [0.1, 0.15) is 0 Å². The number of carboxylic acids is 1. The lowest BCUT2D eigenvalue weighted by molar-refractivity contribution is -0.141. The number of amides is 1. The molecule has 1 aliphatic rings. The Morgan fingerprint density at radius 3 is 2.05 bits per heavy atom. The van der Waals surface area contributed by atoms with Crippen LogP contribution in [-0.4, -0.2) is 41.5 Å². The topological polar surface area (TPSA) is 83.6 Å². The maximum Gasteiger partial charge on any atom is 0.308 e. The zero-order valence-corrected chi connectivity index (χ0v) is 13.1. The maximum atomic E-state index is 11.6. The molecule has 0 aliphatic carbocycles. The van der Waals surface area contributed by atoms with Crippen molar-refractivity contribution >= 4 is 11.9 Å². The molecule has 21 heavy (non-hydrogen) atoms. The summed E-state index contributed by atoms with van der Waals surface area (Å²) >= 11 is 0. The number of likely N-dealkylation sites (tertiary alicyclic amines) is 1. The first kappa shape index (κ1) is 18.0. The number of carboxylic acid groups (broad SMARTS) is 1. The predicted octanol–water partition coefficient (Wildman–Crippen LogP) is 2.39. The number of rotatable bonds is 12. The van der Waals surface area contributed by atoms with Gasteiger partial charge in [-0.05, 0) is 19.4 Å². The molecule has 1 atom stereocenters. The molecule has 1 unspecified atom stereocenters. The minimum Gasteiger partial charge on any atom is -0.481 e. The summed E-state index contributed by atoms with van der Waals surface area (Å²) < 4.78 is 0. The average Bonchev–Trinajstić information content (AvgIpc) is 2.82. The molecule has 5 nitrogen and oxygen atoms in total. The van der Waals surface area contributed by atoms with Crippen LogP contribution in [0.4, 0.5) is 0 Å². The third-order valence-corrected chi connectivity index (χ3v) is 4.20. The normalized spacial score (nSPS) is 18.4. The van der Waals surface area contributed by atoms with E-state index in [0.29, 0.717) is 6.54 Å². The van der Waals surface area contributed by atoms with Crippen molar-refractivity contribution in [1.29, 1.82) is 0 Å². The zero-order chi connectivity index (χ0) is 15.5. The van der Waals surface area contributed by atoms with E-state index in [-0.39, 0.29) is 12.3 Å². The molecule has 0 aromatic heterocycles. The summed E-state index contributed by atoms with van der Waals surface area (Å²) in [5.74, 6) is -1.34. The highest BCUT2D eigenvalue weighted by Gasteiger charge is 2.33. The van der Waals surface area contributed by atoms with Gasteiger partial charge in [0.25, 0.3) is 0 Å². The van der Waals surface area contributed by atoms with E-state index in [0.717, 1.165) is 32.4 Å². The quantitative estimate of drug-likeness (QED) is 0.542. The van der Waals surface area contributed by atoms with Crippen LogP contribution in [0.1, 0.15) is 64.2 Å². The van der Waals surface area contributed by atoms with E-state index < -0.39 is 11.9 Å². The Balaban J connectivity index is 1.93. The molecule has 0 aromatic rings. The van der Waals surface area contributed by atoms with Crippen molar-refractivity contribution in [3.8, 4) is 0 Å². The number of carbonyl (C=O) groups excluding carboxylic acids is 1. The van der Waals surface area contributed by atoms with Gasteiger partial charge >= 0.3 is 5.97 Å². The van der Waals surface area contributed by atoms with E-state index in [2.05, 4.69) is 0 Å². The van der Waals surface area contributed by atoms with Gasteiger partial charge in [-0.2, -0.15) is 0 Å². The van der Waals surface area contributed by atoms with Gasteiger partial charge in [0.2, 0.25) is 5.91 Å². The van der Waals surface area contributed by atoms with Crippen molar-refractivity contribution in [2.75, 3.05) is 19.6 Å². The van der Waals surface area contributed by atoms with Crippen LogP contribution in [0.2, 0.25) is 0 Å². The van der Waals surface area contributed by atoms with E-state index >= 15 is 0 Å². The average molecular weight is 298 g/mol. The van der Waals surface area contributed by atoms with Crippen molar-refractivity contribution < 1.29 is 14.7 Å². The molecule has 0 bridgehead atoms. The van der Waals surface area contributed by atoms with E-state index in [1.54, 1.807) is 4.90 Å². The Hall–Kier alpha value is -1.10. The third-order valence-electron chi connectivity index (χ3n) is 4.20. The fourth-order valence-corrected chi connectivity index (χ4v) is 2.84. The van der Waals surface area contributed by atoms with Crippen LogP contribution in [0.3, 0.4) is 0 Å². The molecule has 1 rings (SSSR count). The fourth-order valence-electron chi connectivity index (χ4n) is 2.84. The molecule has 0 radical (unpaired) electrons. The van der Waals surface area contributed by atoms with Gasteiger partial charge in [0.15, 0.2) is 0 Å². The van der Waals surface area contributed by atoms with Crippen LogP contribution >= 0.6 is 0 Å². The Kier molecular flexibility index (Phi) is 9.06. The highest BCUT2D eigenvalue weighted by atomic mass is 16.4. The highest BCUT2D eigenvalue weighted by molar-refractivity contribution is 5.86. The second kappa shape index (κ2) is 10.6. The minimum atomic E-state index is -0.847. The van der Waals surface area contributed by atoms with Crippen LogP contribution in [0, 0.1) is 5.92 Å². The van der Waals surface area contributed by atoms with Gasteiger partial charge in [-0.15, -0.1) is 0 Å². The van der Waals surface area contributed by atoms with Crippen LogP contribution < -0.4 is 5.73 Å². The van der Waals surface area contributed by atoms with Crippen molar-refractivity contribution in [3.05, 3.63) is 0 Å². The van der Waals surface area contributed by atoms with Gasteiger partial charge < -0.3 is 15.7 Å². The first-order valence-electron chi connectivity index (χ1n) is 8.35. The fraction of sp³-hybridized carbons (Fsp3) is 0.875. The van der Waals surface area contributed by atoms with Crippen LogP contribution in [0.5, 0.6) is 0 Å². The monoisotopic (exact) mass is 298 g/mol. The van der Waals surface area contributed by atoms with Crippen LogP contribution in [0.25, 0.3) is 0 Å². The molecular formula is C16H30N2O3. The van der Waals surface area contributed by atoms with Gasteiger partial charge in [-0.3, -0.25) is 9.59 Å². The summed E-state index contributed by atoms with van der Waals surface area (Å²) in [7, 11) is 0. The molecule has 1 heterocycles. The standard InChI is InChI=1S/C16H30N2O3/c17-10-8-6-4-2-1-3-5-7-9-11-18-13-14(16(20)21)12-15(18)19/h14H,1-13,17H2,(H,20,21). The third kappa shape index (κ3) is 7.46. The van der Waals surface area contributed by atoms with Crippen molar-refractivity contribution in [3.63, 3.8) is 0 Å². The number of hydrogen-bond acceptors (Lipinski definition) is 3. The first-order chi connectivity index (χ1) is 10.1. The maximum absolute atomic E-state index is 11.6. The number of aliphatic carboxylic acids is 1. The molecule has 1 amide bonds. The van der Waals surface area contributed by atoms with Crippen molar-refractivity contribution in [1.82, 2.24) is 4.90 Å². The smallest absolute Gasteiger partial charge is 0.308 e. The number of nitrogens with two attached hydrogens (primary N) is 1. The Morgan fingerprint density at radius 1 is 1.05 bits per heavy atom. The lowest BCUT2D eigenvalue weighted by Crippen LogP contribution is -2.27. The summed E-state index contributed by atoms with van der Waals surface area (Å²) in [6.07, 6.45) is 11.0. The molecule has 1 saturated heterocycles. The Labute approximate surface area is 127 Å². The molecule has 0 saturated carbocycles. The van der Waals surface area contributed by atoms with Crippen LogP contribution in [0.15, 0.2) is 0 Å². The molecule has 0 aromatic carbocycles. The van der Waals surface area contributed by atoms with E-state index in [4.69, 9.17) is 10.8 Å². The summed E-state index contributed by atoms with van der Waals surface area (Å²) in [6.45, 7) is 1.92. The number of carbonyl (C=O) groups is 2. The predicted molar refractivity (Wildman–Crippen MR) is 82.9 cm³/mol. The largest absolute Gasteiger partial charge is 0.481 e. The SMILES string of the molecule is NCCCCCCCCCCCN1CC(C(=O)O)CC1=O. The number of hydrogen-bond donors (Lipinski definition) is 2. The Morgan fingerprint density at radius 2 is 1.57 bits per heavy atom. The summed E-state index contributed by atoms with van der Waals surface area (Å²) in [5, 5.41) is 8.91. The van der Waals surface area contributed by atoms with Crippen LogP contribution in [-0.2, 0) is 9.59 Å². The van der Waals surface area contributed by atoms with E-state index in [1.165, 1.54) is 38.5 Å². The molecule has 1 fully saturated rings. The second-order valence-electron chi connectivity index (χ2n) is 6.05. The lowest BCUT2D eigenvalue weighted by Gasteiger charge is -2.15. The molecule has 1 aliphatic heterocycles. The van der Waals surface area contributed by atoms with E-state index in [9.17, 15) is 9.59 Å². The molecular weight excluding hydrogens is 268 g/mol. The summed E-state index contributed by atoms with van der Waals surface area (Å²) in [4.78, 5) is 24.2. The number of nitrogens with zero attached hydrogens (tertiary/aromatic N) is 1. The van der Waals surface area contributed by atoms with Gasteiger partial charge in [0.05, 0.1) is 5.92 Å². The van der Waals surface area contributed by atoms with Gasteiger partial charge in [-0.1, -0.05) is 44.9 Å². The highest BCUT2D eigenvalue weighted by Crippen LogP contribution is 2.19. The second-order valence-corrected chi connectivity index (χ2v) is 6.05. The first-order valence-corrected chi connectivity index (χ1v) is 8.35. The molecule has 122 valence electrons. The van der Waals surface area contributed by atoms with Crippen molar-refractivity contribution in [2.24, 2.45) is 11.7 Å². The molecule has 0 spiro atoms. The Bertz CT molecular complexity index is 321. The minimum absolute atomic E-state index is 0.00213.